The van der Waals surface area contributed by atoms with Crippen LogP contribution in [-0.4, -0.2) is 41.5 Å². The maximum Gasteiger partial charge on any atom is 0.251 e. The highest BCUT2D eigenvalue weighted by Gasteiger charge is 2.21. The summed E-state index contributed by atoms with van der Waals surface area (Å²) >= 11 is 1.71. The first kappa shape index (κ1) is 20.6. The molecular weight excluding hydrogens is 394 g/mol. The summed E-state index contributed by atoms with van der Waals surface area (Å²) in [7, 11) is 0. The van der Waals surface area contributed by atoms with Crippen molar-refractivity contribution in [2.45, 2.75) is 31.9 Å². The summed E-state index contributed by atoms with van der Waals surface area (Å²) in [4.78, 5) is 19.3. The summed E-state index contributed by atoms with van der Waals surface area (Å²) in [5, 5.41) is 6.19. The molecule has 0 spiro atoms. The number of ether oxygens (including phenoxy) is 1. The Labute approximate surface area is 181 Å². The Balaban J connectivity index is 1.23. The molecule has 1 saturated heterocycles. The van der Waals surface area contributed by atoms with E-state index in [1.807, 2.05) is 54.0 Å². The average Bonchev–Trinajstić information content (AvgIpc) is 3.29. The first-order valence-corrected chi connectivity index (χ1v) is 11.3. The lowest BCUT2D eigenvalue weighted by Gasteiger charge is -2.31. The molecule has 6 heteroatoms. The zero-order chi connectivity index (χ0) is 20.6. The highest BCUT2D eigenvalue weighted by Crippen LogP contribution is 2.21. The Hall–Kier alpha value is -2.70. The van der Waals surface area contributed by atoms with Crippen LogP contribution in [0.2, 0.25) is 0 Å². The minimum atomic E-state index is -0.0605. The molecule has 0 saturated carbocycles. The normalized spacial score (nSPS) is 15.1. The standard InChI is InChI=1S/C24H27N3O2S/c28-24(26-12-9-19-5-2-1-3-6-19)20-7-4-8-22(17-20)29-21-10-14-27(15-11-21)18-23-25-13-16-30-23/h1-8,13,16-17,21H,9-12,14-15,18H2,(H,26,28). The summed E-state index contributed by atoms with van der Waals surface area (Å²) in [5.41, 5.74) is 1.86. The van der Waals surface area contributed by atoms with Gasteiger partial charge < -0.3 is 10.1 Å². The van der Waals surface area contributed by atoms with Crippen molar-refractivity contribution in [1.82, 2.24) is 15.2 Å². The van der Waals surface area contributed by atoms with Crippen LogP contribution in [0.15, 0.2) is 66.2 Å². The Morgan fingerprint density at radius 3 is 2.73 bits per heavy atom. The van der Waals surface area contributed by atoms with E-state index in [1.165, 1.54) is 10.6 Å². The van der Waals surface area contributed by atoms with Crippen molar-refractivity contribution >= 4 is 17.2 Å². The largest absolute Gasteiger partial charge is 0.490 e. The van der Waals surface area contributed by atoms with Crippen LogP contribution < -0.4 is 10.1 Å². The van der Waals surface area contributed by atoms with E-state index < -0.39 is 0 Å². The van der Waals surface area contributed by atoms with Gasteiger partial charge in [-0.1, -0.05) is 36.4 Å². The van der Waals surface area contributed by atoms with E-state index in [1.54, 1.807) is 11.3 Å². The number of likely N-dealkylation sites (tertiary alicyclic amines) is 1. The molecule has 30 heavy (non-hydrogen) atoms. The fourth-order valence-corrected chi connectivity index (χ4v) is 4.34. The average molecular weight is 422 g/mol. The van der Waals surface area contributed by atoms with Gasteiger partial charge in [0, 0.05) is 36.8 Å². The van der Waals surface area contributed by atoms with Gasteiger partial charge in [0.05, 0.1) is 6.54 Å². The molecule has 3 aromatic rings. The maximum atomic E-state index is 12.5. The lowest BCUT2D eigenvalue weighted by Crippen LogP contribution is -2.37. The topological polar surface area (TPSA) is 54.5 Å². The number of aromatic nitrogens is 1. The van der Waals surface area contributed by atoms with Crippen LogP contribution in [-0.2, 0) is 13.0 Å². The lowest BCUT2D eigenvalue weighted by molar-refractivity contribution is 0.0937. The molecular formula is C24H27N3O2S. The summed E-state index contributed by atoms with van der Waals surface area (Å²) in [5.74, 6) is 0.707. The number of benzene rings is 2. The van der Waals surface area contributed by atoms with E-state index >= 15 is 0 Å². The van der Waals surface area contributed by atoms with Gasteiger partial charge in [0.2, 0.25) is 0 Å². The number of amides is 1. The van der Waals surface area contributed by atoms with Crippen molar-refractivity contribution < 1.29 is 9.53 Å². The highest BCUT2D eigenvalue weighted by atomic mass is 32.1. The SMILES string of the molecule is O=C(NCCc1ccccc1)c1cccc(OC2CCN(Cc3nccs3)CC2)c1. The molecule has 156 valence electrons. The van der Waals surface area contributed by atoms with Crippen molar-refractivity contribution in [3.05, 3.63) is 82.3 Å². The van der Waals surface area contributed by atoms with Gasteiger partial charge in [-0.3, -0.25) is 9.69 Å². The number of rotatable bonds is 8. The Kier molecular flexibility index (Phi) is 7.11. The summed E-state index contributed by atoms with van der Waals surface area (Å²) in [6.45, 7) is 3.54. The van der Waals surface area contributed by atoms with E-state index in [0.29, 0.717) is 12.1 Å². The van der Waals surface area contributed by atoms with Gasteiger partial charge in [-0.15, -0.1) is 11.3 Å². The highest BCUT2D eigenvalue weighted by molar-refractivity contribution is 7.09. The molecule has 0 aliphatic carbocycles. The monoisotopic (exact) mass is 421 g/mol. The van der Waals surface area contributed by atoms with Crippen molar-refractivity contribution in [2.75, 3.05) is 19.6 Å². The van der Waals surface area contributed by atoms with Crippen LogP contribution in [0.25, 0.3) is 0 Å². The molecule has 0 radical (unpaired) electrons. The van der Waals surface area contributed by atoms with Crippen LogP contribution in [0.5, 0.6) is 5.75 Å². The van der Waals surface area contributed by atoms with E-state index in [4.69, 9.17) is 4.74 Å². The van der Waals surface area contributed by atoms with Gasteiger partial charge in [0.25, 0.3) is 5.91 Å². The number of thiazole rings is 1. The first-order valence-electron chi connectivity index (χ1n) is 10.5. The zero-order valence-electron chi connectivity index (χ0n) is 17.0. The van der Waals surface area contributed by atoms with Crippen molar-refractivity contribution in [3.8, 4) is 5.75 Å². The molecule has 2 heterocycles. The lowest BCUT2D eigenvalue weighted by atomic mass is 10.1. The third-order valence-electron chi connectivity index (χ3n) is 5.32. The van der Waals surface area contributed by atoms with E-state index in [9.17, 15) is 4.79 Å². The number of nitrogens with zero attached hydrogens (tertiary/aromatic N) is 2. The maximum absolute atomic E-state index is 12.5. The smallest absolute Gasteiger partial charge is 0.251 e. The molecule has 0 bridgehead atoms. The predicted molar refractivity (Wildman–Crippen MR) is 120 cm³/mol. The Morgan fingerprint density at radius 2 is 1.97 bits per heavy atom. The number of nitrogens with one attached hydrogen (secondary N) is 1. The first-order chi connectivity index (χ1) is 14.8. The van der Waals surface area contributed by atoms with E-state index in [2.05, 4.69) is 27.3 Å². The third kappa shape index (κ3) is 5.90. The summed E-state index contributed by atoms with van der Waals surface area (Å²) < 4.78 is 6.18. The van der Waals surface area contributed by atoms with Crippen LogP contribution in [0, 0.1) is 0 Å². The number of carbonyl (C=O) groups is 1. The number of hydrogen-bond donors (Lipinski definition) is 1. The van der Waals surface area contributed by atoms with Gasteiger partial charge in [-0.2, -0.15) is 0 Å². The second-order valence-corrected chi connectivity index (χ2v) is 8.52. The minimum Gasteiger partial charge on any atom is -0.490 e. The van der Waals surface area contributed by atoms with Gasteiger partial charge in [0.15, 0.2) is 0 Å². The fourth-order valence-electron chi connectivity index (χ4n) is 3.68. The summed E-state index contributed by atoms with van der Waals surface area (Å²) in [6, 6.07) is 17.7. The Morgan fingerprint density at radius 1 is 1.13 bits per heavy atom. The summed E-state index contributed by atoms with van der Waals surface area (Å²) in [6.07, 6.45) is 4.84. The second-order valence-electron chi connectivity index (χ2n) is 7.54. The van der Waals surface area contributed by atoms with E-state index in [-0.39, 0.29) is 12.0 Å². The quantitative estimate of drug-likeness (QED) is 0.593. The number of hydrogen-bond acceptors (Lipinski definition) is 5. The molecule has 1 aromatic heterocycles. The molecule has 1 aliphatic heterocycles. The molecule has 4 rings (SSSR count). The van der Waals surface area contributed by atoms with E-state index in [0.717, 1.165) is 44.6 Å². The molecule has 1 fully saturated rings. The molecule has 1 aliphatic rings. The van der Waals surface area contributed by atoms with Gasteiger partial charge in [-0.25, -0.2) is 4.98 Å². The van der Waals surface area contributed by atoms with Gasteiger partial charge in [0.1, 0.15) is 16.9 Å². The molecule has 0 unspecified atom stereocenters. The van der Waals surface area contributed by atoms with Crippen molar-refractivity contribution in [2.24, 2.45) is 0 Å². The van der Waals surface area contributed by atoms with Crippen LogP contribution in [0.3, 0.4) is 0 Å². The minimum absolute atomic E-state index is 0.0605. The molecule has 1 amide bonds. The van der Waals surface area contributed by atoms with Gasteiger partial charge >= 0.3 is 0 Å². The predicted octanol–water partition coefficient (Wildman–Crippen LogP) is 4.16. The molecule has 1 N–H and O–H groups in total. The number of piperidine rings is 1. The third-order valence-corrected chi connectivity index (χ3v) is 6.08. The van der Waals surface area contributed by atoms with Crippen LogP contribution in [0.1, 0.15) is 33.8 Å². The number of carbonyl (C=O) groups excluding carboxylic acids is 1. The molecule has 0 atom stereocenters. The fraction of sp³-hybridized carbons (Fsp3) is 0.333. The zero-order valence-corrected chi connectivity index (χ0v) is 17.8. The van der Waals surface area contributed by atoms with Crippen molar-refractivity contribution in [3.63, 3.8) is 0 Å². The van der Waals surface area contributed by atoms with Gasteiger partial charge in [-0.05, 0) is 43.0 Å². The van der Waals surface area contributed by atoms with Crippen LogP contribution >= 0.6 is 11.3 Å². The molecule has 5 nitrogen and oxygen atoms in total. The second kappa shape index (κ2) is 10.4. The molecule has 2 aromatic carbocycles. The van der Waals surface area contributed by atoms with Crippen molar-refractivity contribution in [1.29, 1.82) is 0 Å². The Bertz CT molecular complexity index is 923. The van der Waals surface area contributed by atoms with Crippen LogP contribution in [0.4, 0.5) is 0 Å².